The number of methoxy groups -OCH3 is 1. The fourth-order valence-electron chi connectivity index (χ4n) is 2.09. The first-order valence-corrected chi connectivity index (χ1v) is 7.44. The third-order valence-corrected chi connectivity index (χ3v) is 3.16. The first-order chi connectivity index (χ1) is 9.48. The molecule has 0 amide bonds. The highest BCUT2D eigenvalue weighted by Crippen LogP contribution is 2.40. The Balaban J connectivity index is 0.00000191. The van der Waals surface area contributed by atoms with E-state index in [0.29, 0.717) is 5.56 Å². The molecule has 0 aliphatic heterocycles. The van der Waals surface area contributed by atoms with Gasteiger partial charge in [0.25, 0.3) is 0 Å². The Labute approximate surface area is 129 Å². The zero-order valence-electron chi connectivity index (χ0n) is 14.9. The lowest BCUT2D eigenvalue weighted by Crippen LogP contribution is -2.20. The Morgan fingerprint density at radius 2 is 1.29 bits per heavy atom. The summed E-state index contributed by atoms with van der Waals surface area (Å²) in [5.74, 6) is -0.108. The molecule has 0 saturated heterocycles. The van der Waals surface area contributed by atoms with Gasteiger partial charge in [0.1, 0.15) is 5.75 Å². The van der Waals surface area contributed by atoms with Crippen molar-refractivity contribution in [2.24, 2.45) is 0 Å². The third-order valence-electron chi connectivity index (χ3n) is 3.16. The summed E-state index contributed by atoms with van der Waals surface area (Å²) in [5.41, 5.74) is 1.84. The average Bonchev–Trinajstić information content (AvgIpc) is 2.37. The molecular formula is C18H30O3. The van der Waals surface area contributed by atoms with Gasteiger partial charge in [-0.05, 0) is 23.0 Å². The van der Waals surface area contributed by atoms with Crippen LogP contribution < -0.4 is 4.74 Å². The average molecular weight is 294 g/mol. The molecule has 0 aliphatic carbocycles. The standard InChI is InChI=1S/C16H24O3.C2H6/c1-15(2,3)11-8-10(14(17)18)9-12(13(11)19-7)16(4,5)6;1-2/h8-9H,1-7H3,(H,17,18);1-2H3. The fourth-order valence-corrected chi connectivity index (χ4v) is 2.09. The highest BCUT2D eigenvalue weighted by atomic mass is 16.5. The van der Waals surface area contributed by atoms with Crippen LogP contribution in [0.4, 0.5) is 0 Å². The second-order valence-electron chi connectivity index (χ2n) is 6.91. The van der Waals surface area contributed by atoms with Crippen molar-refractivity contribution in [3.8, 4) is 5.75 Å². The molecule has 1 N–H and O–H groups in total. The SMILES string of the molecule is CC.COc1c(C(C)(C)C)cc(C(=O)O)cc1C(C)(C)C. The molecule has 0 atom stereocenters. The van der Waals surface area contributed by atoms with Gasteiger partial charge in [-0.2, -0.15) is 0 Å². The molecule has 0 spiro atoms. The summed E-state index contributed by atoms with van der Waals surface area (Å²) in [6.45, 7) is 16.4. The molecule has 3 heteroatoms. The van der Waals surface area contributed by atoms with Gasteiger partial charge in [0.15, 0.2) is 0 Å². The van der Waals surface area contributed by atoms with Gasteiger partial charge < -0.3 is 9.84 Å². The summed E-state index contributed by atoms with van der Waals surface area (Å²) in [6.07, 6.45) is 0. The molecule has 0 bridgehead atoms. The largest absolute Gasteiger partial charge is 0.496 e. The number of aromatic carboxylic acids is 1. The monoisotopic (exact) mass is 294 g/mol. The van der Waals surface area contributed by atoms with Gasteiger partial charge in [0.2, 0.25) is 0 Å². The molecular weight excluding hydrogens is 264 g/mol. The predicted octanol–water partition coefficient (Wildman–Crippen LogP) is 5.01. The Morgan fingerprint density at radius 3 is 1.48 bits per heavy atom. The summed E-state index contributed by atoms with van der Waals surface area (Å²) < 4.78 is 5.57. The van der Waals surface area contributed by atoms with Crippen LogP contribution in [0.25, 0.3) is 0 Å². The zero-order chi connectivity index (χ0) is 17.0. The second kappa shape index (κ2) is 6.97. The molecule has 0 fully saturated rings. The molecule has 0 aromatic heterocycles. The van der Waals surface area contributed by atoms with Crippen molar-refractivity contribution in [2.45, 2.75) is 66.2 Å². The number of benzene rings is 1. The van der Waals surface area contributed by atoms with Crippen LogP contribution in [-0.2, 0) is 10.8 Å². The summed E-state index contributed by atoms with van der Waals surface area (Å²) in [6, 6.07) is 3.44. The maximum atomic E-state index is 11.3. The van der Waals surface area contributed by atoms with E-state index in [0.717, 1.165) is 16.9 Å². The summed E-state index contributed by atoms with van der Waals surface area (Å²) in [7, 11) is 1.64. The molecule has 0 saturated carbocycles. The van der Waals surface area contributed by atoms with Crippen LogP contribution in [0, 0.1) is 0 Å². The minimum Gasteiger partial charge on any atom is -0.496 e. The van der Waals surface area contributed by atoms with E-state index in [1.165, 1.54) is 0 Å². The first kappa shape index (κ1) is 19.5. The number of carboxylic acid groups (broad SMARTS) is 1. The lowest BCUT2D eigenvalue weighted by Gasteiger charge is -2.29. The molecule has 1 aromatic carbocycles. The number of carbonyl (C=O) groups is 1. The molecule has 3 nitrogen and oxygen atoms in total. The van der Waals surface area contributed by atoms with Gasteiger partial charge in [0.05, 0.1) is 12.7 Å². The first-order valence-electron chi connectivity index (χ1n) is 7.44. The number of carboxylic acids is 1. The smallest absolute Gasteiger partial charge is 0.335 e. The summed E-state index contributed by atoms with van der Waals surface area (Å²) >= 11 is 0. The molecule has 0 unspecified atom stereocenters. The molecule has 120 valence electrons. The van der Waals surface area contributed by atoms with Crippen LogP contribution in [0.15, 0.2) is 12.1 Å². The highest BCUT2D eigenvalue weighted by molar-refractivity contribution is 5.88. The topological polar surface area (TPSA) is 46.5 Å². The normalized spacial score (nSPS) is 11.5. The lowest BCUT2D eigenvalue weighted by atomic mass is 9.78. The number of hydrogen-bond donors (Lipinski definition) is 1. The van der Waals surface area contributed by atoms with Crippen LogP contribution in [0.5, 0.6) is 5.75 Å². The van der Waals surface area contributed by atoms with Crippen molar-refractivity contribution in [1.29, 1.82) is 0 Å². The number of ether oxygens (including phenoxy) is 1. The maximum absolute atomic E-state index is 11.3. The Hall–Kier alpha value is -1.51. The maximum Gasteiger partial charge on any atom is 0.335 e. The van der Waals surface area contributed by atoms with E-state index in [1.807, 2.05) is 13.8 Å². The van der Waals surface area contributed by atoms with Crippen molar-refractivity contribution in [3.63, 3.8) is 0 Å². The number of hydrogen-bond acceptors (Lipinski definition) is 2. The van der Waals surface area contributed by atoms with Gasteiger partial charge in [-0.3, -0.25) is 0 Å². The molecule has 0 heterocycles. The summed E-state index contributed by atoms with van der Waals surface area (Å²) in [4.78, 5) is 11.3. The second-order valence-corrected chi connectivity index (χ2v) is 6.91. The van der Waals surface area contributed by atoms with Crippen LogP contribution in [0.3, 0.4) is 0 Å². The molecule has 0 aliphatic rings. The van der Waals surface area contributed by atoms with E-state index < -0.39 is 5.97 Å². The van der Waals surface area contributed by atoms with Crippen molar-refractivity contribution in [1.82, 2.24) is 0 Å². The highest BCUT2D eigenvalue weighted by Gasteiger charge is 2.28. The van der Waals surface area contributed by atoms with Gasteiger partial charge in [-0.1, -0.05) is 55.4 Å². The predicted molar refractivity (Wildman–Crippen MR) is 88.7 cm³/mol. The number of rotatable bonds is 2. The Morgan fingerprint density at radius 1 is 0.952 bits per heavy atom. The Kier molecular flexibility index (Phi) is 6.47. The van der Waals surface area contributed by atoms with Crippen molar-refractivity contribution < 1.29 is 14.6 Å². The van der Waals surface area contributed by atoms with Crippen molar-refractivity contribution in [3.05, 3.63) is 28.8 Å². The van der Waals surface area contributed by atoms with Gasteiger partial charge in [0, 0.05) is 11.1 Å². The quantitative estimate of drug-likeness (QED) is 0.833. The molecule has 1 rings (SSSR count). The Bertz CT molecular complexity index is 453. The van der Waals surface area contributed by atoms with Gasteiger partial charge in [-0.15, -0.1) is 0 Å². The van der Waals surface area contributed by atoms with E-state index in [1.54, 1.807) is 19.2 Å². The van der Waals surface area contributed by atoms with Gasteiger partial charge in [-0.25, -0.2) is 4.79 Å². The minimum absolute atomic E-state index is 0.170. The van der Waals surface area contributed by atoms with Crippen LogP contribution in [0.1, 0.15) is 76.9 Å². The third kappa shape index (κ3) is 4.76. The van der Waals surface area contributed by atoms with Crippen molar-refractivity contribution >= 4 is 5.97 Å². The molecule has 0 radical (unpaired) electrons. The minimum atomic E-state index is -0.904. The van der Waals surface area contributed by atoms with Crippen LogP contribution in [0.2, 0.25) is 0 Å². The van der Waals surface area contributed by atoms with E-state index in [4.69, 9.17) is 4.74 Å². The molecule has 1 aromatic rings. The van der Waals surface area contributed by atoms with Crippen LogP contribution in [-0.4, -0.2) is 18.2 Å². The van der Waals surface area contributed by atoms with Gasteiger partial charge >= 0.3 is 5.97 Å². The van der Waals surface area contributed by atoms with Crippen LogP contribution >= 0.6 is 0 Å². The lowest BCUT2D eigenvalue weighted by molar-refractivity contribution is 0.0696. The van der Waals surface area contributed by atoms with E-state index >= 15 is 0 Å². The van der Waals surface area contributed by atoms with Crippen molar-refractivity contribution in [2.75, 3.05) is 7.11 Å². The zero-order valence-corrected chi connectivity index (χ0v) is 14.9. The van der Waals surface area contributed by atoms with E-state index in [9.17, 15) is 9.90 Å². The summed E-state index contributed by atoms with van der Waals surface area (Å²) in [5, 5.41) is 9.29. The van der Waals surface area contributed by atoms with E-state index in [-0.39, 0.29) is 10.8 Å². The molecule has 21 heavy (non-hydrogen) atoms. The van der Waals surface area contributed by atoms with E-state index in [2.05, 4.69) is 41.5 Å². The fraction of sp³-hybridized carbons (Fsp3) is 0.611.